The van der Waals surface area contributed by atoms with Gasteiger partial charge in [0.15, 0.2) is 0 Å². The van der Waals surface area contributed by atoms with E-state index in [1.807, 2.05) is 42.5 Å². The van der Waals surface area contributed by atoms with Crippen molar-refractivity contribution < 1.29 is 14.3 Å². The number of carbonyl (C=O) groups excluding carboxylic acids is 1. The van der Waals surface area contributed by atoms with Gasteiger partial charge in [0.2, 0.25) is 6.10 Å². The van der Waals surface area contributed by atoms with Crippen molar-refractivity contribution in [3.05, 3.63) is 76.9 Å². The van der Waals surface area contributed by atoms with Crippen molar-refractivity contribution in [2.24, 2.45) is 5.73 Å². The zero-order valence-corrected chi connectivity index (χ0v) is 17.6. The molecule has 0 amide bonds. The van der Waals surface area contributed by atoms with E-state index in [0.717, 1.165) is 30.0 Å². The molecule has 2 unspecified atom stereocenters. The van der Waals surface area contributed by atoms with Crippen LogP contribution in [0.4, 0.5) is 0 Å². The third kappa shape index (κ3) is 4.40. The number of benzene rings is 3. The lowest BCUT2D eigenvalue weighted by Crippen LogP contribution is -2.22. The average molecular weight is 415 g/mol. The second-order valence-electron chi connectivity index (χ2n) is 7.87. The summed E-state index contributed by atoms with van der Waals surface area (Å²) in [5.41, 5.74) is 9.82. The summed E-state index contributed by atoms with van der Waals surface area (Å²) in [6.07, 6.45) is 2.38. The highest BCUT2D eigenvalue weighted by atomic mass is 16.6. The molecular weight excluding hydrogens is 388 g/mol. The molecule has 0 spiro atoms. The van der Waals surface area contributed by atoms with E-state index in [-0.39, 0.29) is 6.61 Å². The van der Waals surface area contributed by atoms with Gasteiger partial charge in [-0.1, -0.05) is 24.3 Å². The number of aryl methyl sites for hydroxylation is 1. The Hall–Kier alpha value is -3.36. The first-order valence-corrected chi connectivity index (χ1v) is 10.7. The fraction of sp³-hybridized carbons (Fsp3) is 0.308. The first-order valence-electron chi connectivity index (χ1n) is 10.7. The van der Waals surface area contributed by atoms with Gasteiger partial charge in [-0.25, -0.2) is 4.79 Å². The molecule has 0 saturated heterocycles. The standard InChI is InChI=1S/C26H26N2O3/c1-2-30-26(29)25(21-9-8-19-12-17(15-27)6-7-20(19)13-21)31-23-11-10-18-4-3-5-22(16-28)24(18)14-23/h6-14,22,25H,2-5,16,28H2,1H3. The van der Waals surface area contributed by atoms with E-state index in [1.54, 1.807) is 13.0 Å². The maximum atomic E-state index is 12.8. The number of nitrogens with two attached hydrogens (primary N) is 1. The molecule has 1 aliphatic carbocycles. The highest BCUT2D eigenvalue weighted by Gasteiger charge is 2.26. The second-order valence-corrected chi connectivity index (χ2v) is 7.87. The molecule has 31 heavy (non-hydrogen) atoms. The molecule has 0 radical (unpaired) electrons. The molecule has 5 heteroatoms. The predicted molar refractivity (Wildman–Crippen MR) is 120 cm³/mol. The number of nitriles is 1. The third-order valence-electron chi connectivity index (χ3n) is 5.89. The second kappa shape index (κ2) is 9.20. The zero-order chi connectivity index (χ0) is 21.8. The molecule has 0 saturated carbocycles. The molecule has 3 aromatic rings. The SMILES string of the molecule is CCOC(=O)C(Oc1ccc2c(c1)C(CN)CCC2)c1ccc2cc(C#N)ccc2c1. The van der Waals surface area contributed by atoms with Crippen molar-refractivity contribution >= 4 is 16.7 Å². The van der Waals surface area contributed by atoms with Crippen molar-refractivity contribution in [2.45, 2.75) is 38.2 Å². The molecule has 158 valence electrons. The summed E-state index contributed by atoms with van der Waals surface area (Å²) < 4.78 is 11.5. The van der Waals surface area contributed by atoms with E-state index in [9.17, 15) is 4.79 Å². The van der Waals surface area contributed by atoms with Crippen LogP contribution < -0.4 is 10.5 Å². The Kier molecular flexibility index (Phi) is 6.20. The predicted octanol–water partition coefficient (Wildman–Crippen LogP) is 4.77. The van der Waals surface area contributed by atoms with Crippen LogP contribution in [-0.4, -0.2) is 19.1 Å². The molecule has 0 aliphatic heterocycles. The minimum Gasteiger partial charge on any atom is -0.474 e. The third-order valence-corrected chi connectivity index (χ3v) is 5.89. The molecule has 2 N–H and O–H groups in total. The number of rotatable bonds is 6. The van der Waals surface area contributed by atoms with Crippen LogP contribution in [0, 0.1) is 11.3 Å². The van der Waals surface area contributed by atoms with Gasteiger partial charge in [-0.2, -0.15) is 5.26 Å². The number of carbonyl (C=O) groups is 1. The minimum absolute atomic E-state index is 0.275. The number of fused-ring (bicyclic) bond motifs is 2. The van der Waals surface area contributed by atoms with Crippen LogP contribution in [0.3, 0.4) is 0 Å². The Labute approximate surface area is 182 Å². The molecule has 3 aromatic carbocycles. The highest BCUT2D eigenvalue weighted by molar-refractivity contribution is 5.86. The van der Waals surface area contributed by atoms with E-state index >= 15 is 0 Å². The molecule has 5 nitrogen and oxygen atoms in total. The number of nitrogens with zero attached hydrogens (tertiary/aromatic N) is 1. The summed E-state index contributed by atoms with van der Waals surface area (Å²) in [7, 11) is 0. The topological polar surface area (TPSA) is 85.3 Å². The van der Waals surface area contributed by atoms with Crippen molar-refractivity contribution in [2.75, 3.05) is 13.2 Å². The monoisotopic (exact) mass is 414 g/mol. The number of esters is 1. The maximum Gasteiger partial charge on any atom is 0.352 e. The quantitative estimate of drug-likeness (QED) is 0.587. The molecule has 0 aromatic heterocycles. The molecular formula is C26H26N2O3. The van der Waals surface area contributed by atoms with Gasteiger partial charge >= 0.3 is 5.97 Å². The Bertz CT molecular complexity index is 1150. The Morgan fingerprint density at radius 2 is 1.97 bits per heavy atom. The molecule has 0 bridgehead atoms. The molecule has 1 aliphatic rings. The Morgan fingerprint density at radius 3 is 2.74 bits per heavy atom. The van der Waals surface area contributed by atoms with Crippen LogP contribution in [0.15, 0.2) is 54.6 Å². The normalized spacial score (nSPS) is 16.2. The average Bonchev–Trinajstić information content (AvgIpc) is 2.81. The molecule has 4 rings (SSSR count). The summed E-state index contributed by atoms with van der Waals surface area (Å²) in [5.74, 6) is 0.531. The smallest absolute Gasteiger partial charge is 0.352 e. The van der Waals surface area contributed by atoms with Gasteiger partial charge in [-0.15, -0.1) is 0 Å². The maximum absolute atomic E-state index is 12.8. The number of ether oxygens (including phenoxy) is 2. The van der Waals surface area contributed by atoms with Crippen molar-refractivity contribution in [3.8, 4) is 11.8 Å². The van der Waals surface area contributed by atoms with E-state index in [1.165, 1.54) is 11.1 Å². The number of hydrogen-bond donors (Lipinski definition) is 1. The molecule has 2 atom stereocenters. The summed E-state index contributed by atoms with van der Waals surface area (Å²) in [6.45, 7) is 2.66. The van der Waals surface area contributed by atoms with Crippen LogP contribution in [0.5, 0.6) is 5.75 Å². The van der Waals surface area contributed by atoms with E-state index in [0.29, 0.717) is 29.3 Å². The first kappa shape index (κ1) is 20.9. The zero-order valence-electron chi connectivity index (χ0n) is 17.6. The van der Waals surface area contributed by atoms with Crippen molar-refractivity contribution in [1.82, 2.24) is 0 Å². The van der Waals surface area contributed by atoms with Crippen LogP contribution in [0.1, 0.15) is 54.0 Å². The summed E-state index contributed by atoms with van der Waals surface area (Å²) in [5, 5.41) is 11.0. The lowest BCUT2D eigenvalue weighted by Gasteiger charge is -2.26. The van der Waals surface area contributed by atoms with Crippen molar-refractivity contribution in [1.29, 1.82) is 5.26 Å². The van der Waals surface area contributed by atoms with Crippen LogP contribution in [0.2, 0.25) is 0 Å². The number of hydrogen-bond acceptors (Lipinski definition) is 5. The highest BCUT2D eigenvalue weighted by Crippen LogP contribution is 2.35. The lowest BCUT2D eigenvalue weighted by atomic mass is 9.83. The van der Waals surface area contributed by atoms with E-state index < -0.39 is 12.1 Å². The van der Waals surface area contributed by atoms with E-state index in [4.69, 9.17) is 20.5 Å². The van der Waals surface area contributed by atoms with Gasteiger partial charge in [0, 0.05) is 5.56 Å². The van der Waals surface area contributed by atoms with Gasteiger partial charge in [0.05, 0.1) is 18.2 Å². The summed E-state index contributed by atoms with van der Waals surface area (Å²) in [6, 6.07) is 19.3. The van der Waals surface area contributed by atoms with Gasteiger partial charge < -0.3 is 15.2 Å². The summed E-state index contributed by atoms with van der Waals surface area (Å²) >= 11 is 0. The van der Waals surface area contributed by atoms with Crippen LogP contribution >= 0.6 is 0 Å². The van der Waals surface area contributed by atoms with Crippen LogP contribution in [-0.2, 0) is 16.0 Å². The fourth-order valence-corrected chi connectivity index (χ4v) is 4.30. The van der Waals surface area contributed by atoms with Gasteiger partial charge in [0.25, 0.3) is 0 Å². The lowest BCUT2D eigenvalue weighted by molar-refractivity contribution is -0.151. The van der Waals surface area contributed by atoms with Crippen LogP contribution in [0.25, 0.3) is 10.8 Å². The fourth-order valence-electron chi connectivity index (χ4n) is 4.30. The largest absolute Gasteiger partial charge is 0.474 e. The Balaban J connectivity index is 1.69. The molecule has 0 heterocycles. The van der Waals surface area contributed by atoms with Gasteiger partial charge in [-0.3, -0.25) is 0 Å². The minimum atomic E-state index is -0.877. The molecule has 0 fully saturated rings. The van der Waals surface area contributed by atoms with Crippen molar-refractivity contribution in [3.63, 3.8) is 0 Å². The Morgan fingerprint density at radius 1 is 1.16 bits per heavy atom. The summed E-state index contributed by atoms with van der Waals surface area (Å²) in [4.78, 5) is 12.8. The van der Waals surface area contributed by atoms with Gasteiger partial charge in [-0.05, 0) is 90.9 Å². The van der Waals surface area contributed by atoms with Gasteiger partial charge in [0.1, 0.15) is 5.75 Å². The first-order chi connectivity index (χ1) is 15.1. The van der Waals surface area contributed by atoms with E-state index in [2.05, 4.69) is 12.1 Å².